The molecule has 2 N–H and O–H groups in total. The van der Waals surface area contributed by atoms with E-state index < -0.39 is 30.2 Å². The first kappa shape index (κ1) is 27.2. The highest BCUT2D eigenvalue weighted by Crippen LogP contribution is 2.39. The molecular formula is C22H23Br2NO7S. The van der Waals surface area contributed by atoms with Gasteiger partial charge in [0.25, 0.3) is 5.91 Å². The molecule has 0 heterocycles. The Kier molecular flexibility index (Phi) is 11.2. The largest absolute Gasteiger partial charge is 0.506 e. The molecule has 0 aromatic heterocycles. The van der Waals surface area contributed by atoms with Gasteiger partial charge in [0.05, 0.1) is 16.8 Å². The van der Waals surface area contributed by atoms with Gasteiger partial charge in [-0.2, -0.15) is 12.6 Å². The predicted molar refractivity (Wildman–Crippen MR) is 131 cm³/mol. The second kappa shape index (κ2) is 13.6. The molecule has 33 heavy (non-hydrogen) atoms. The van der Waals surface area contributed by atoms with Gasteiger partial charge in [-0.15, -0.1) is 0 Å². The zero-order valence-electron chi connectivity index (χ0n) is 17.6. The number of thiol groups is 1. The van der Waals surface area contributed by atoms with Crippen LogP contribution < -0.4 is 5.32 Å². The van der Waals surface area contributed by atoms with Gasteiger partial charge in [0.1, 0.15) is 11.9 Å². The van der Waals surface area contributed by atoms with Gasteiger partial charge in [-0.3, -0.25) is 14.9 Å². The first-order valence-corrected chi connectivity index (χ1v) is 12.1. The second-order valence-electron chi connectivity index (χ2n) is 6.63. The van der Waals surface area contributed by atoms with Gasteiger partial charge in [-0.1, -0.05) is 34.1 Å². The van der Waals surface area contributed by atoms with Crippen LogP contribution in [0, 0.1) is 0 Å². The van der Waals surface area contributed by atoms with E-state index in [1.165, 1.54) is 0 Å². The van der Waals surface area contributed by atoms with Crippen molar-refractivity contribution in [1.82, 2.24) is 5.32 Å². The molecule has 2 amide bonds. The molecule has 8 nitrogen and oxygen atoms in total. The van der Waals surface area contributed by atoms with Crippen LogP contribution in [0.5, 0.6) is 5.75 Å². The maximum absolute atomic E-state index is 12.6. The van der Waals surface area contributed by atoms with E-state index in [1.807, 2.05) is 0 Å². The molecule has 2 aromatic carbocycles. The minimum atomic E-state index is -1.13. The van der Waals surface area contributed by atoms with Crippen molar-refractivity contribution < 1.29 is 33.7 Å². The second-order valence-corrected chi connectivity index (χ2v) is 8.72. The molecule has 0 aliphatic heterocycles. The first-order chi connectivity index (χ1) is 15.8. The molecule has 0 bridgehead atoms. The summed E-state index contributed by atoms with van der Waals surface area (Å²) in [6.07, 6.45) is -2.80. The Balaban J connectivity index is 2.30. The molecule has 2 atom stereocenters. The molecule has 178 valence electrons. The lowest BCUT2D eigenvalue weighted by atomic mass is 10.0. The van der Waals surface area contributed by atoms with E-state index in [0.717, 1.165) is 0 Å². The summed E-state index contributed by atoms with van der Waals surface area (Å²) in [6.45, 7) is 1.98. The quantitative estimate of drug-likeness (QED) is 0.264. The highest BCUT2D eigenvalue weighted by Gasteiger charge is 2.32. The molecule has 0 radical (unpaired) electrons. The van der Waals surface area contributed by atoms with Crippen LogP contribution in [0.2, 0.25) is 0 Å². The number of alkyl carbamates (subject to hydrolysis) is 1. The highest BCUT2D eigenvalue weighted by atomic mass is 79.9. The van der Waals surface area contributed by atoms with Crippen LogP contribution in [0.4, 0.5) is 4.79 Å². The maximum Gasteiger partial charge on any atom is 0.414 e. The van der Waals surface area contributed by atoms with E-state index in [4.69, 9.17) is 14.2 Å². The first-order valence-electron chi connectivity index (χ1n) is 9.89. The summed E-state index contributed by atoms with van der Waals surface area (Å²) < 4.78 is 17.4. The molecule has 0 saturated heterocycles. The molecular weight excluding hydrogens is 582 g/mol. The fraction of sp³-hybridized carbons (Fsp3) is 0.318. The SMILES string of the molecule is CCO[C@@H](CCOC(=O)CS)[C@@H](OC(=O)NC(=O)c1ccccc1)c1cc(Br)cc(Br)c1O. The summed E-state index contributed by atoms with van der Waals surface area (Å²) in [5, 5.41) is 12.8. The van der Waals surface area contributed by atoms with Crippen molar-refractivity contribution in [2.24, 2.45) is 0 Å². The van der Waals surface area contributed by atoms with Crippen LogP contribution in [0.3, 0.4) is 0 Å². The fourth-order valence-corrected chi connectivity index (χ4v) is 4.26. The van der Waals surface area contributed by atoms with Gasteiger partial charge in [0.2, 0.25) is 0 Å². The average Bonchev–Trinajstić information content (AvgIpc) is 2.79. The monoisotopic (exact) mass is 603 g/mol. The number of benzene rings is 2. The number of phenols is 1. The third kappa shape index (κ3) is 8.33. The number of phenolic OH excluding ortho intramolecular Hbond substituents is 1. The number of hydrogen-bond donors (Lipinski definition) is 3. The summed E-state index contributed by atoms with van der Waals surface area (Å²) in [7, 11) is 0. The van der Waals surface area contributed by atoms with Gasteiger partial charge in [-0.25, -0.2) is 4.79 Å². The predicted octanol–water partition coefficient (Wildman–Crippen LogP) is 4.79. The van der Waals surface area contributed by atoms with Crippen LogP contribution in [0.1, 0.15) is 35.4 Å². The number of imide groups is 1. The van der Waals surface area contributed by atoms with E-state index >= 15 is 0 Å². The third-order valence-electron chi connectivity index (χ3n) is 4.36. The number of nitrogens with one attached hydrogen (secondary N) is 1. The van der Waals surface area contributed by atoms with Crippen molar-refractivity contribution in [3.05, 3.63) is 62.5 Å². The van der Waals surface area contributed by atoms with Crippen LogP contribution in [-0.4, -0.2) is 48.1 Å². The summed E-state index contributed by atoms with van der Waals surface area (Å²) in [5.41, 5.74) is 0.511. The zero-order chi connectivity index (χ0) is 24.4. The molecule has 0 aliphatic rings. The average molecular weight is 605 g/mol. The Morgan fingerprint density at radius 2 is 1.85 bits per heavy atom. The Morgan fingerprint density at radius 1 is 1.15 bits per heavy atom. The Hall–Kier alpha value is -2.08. The normalized spacial score (nSPS) is 12.5. The van der Waals surface area contributed by atoms with E-state index in [2.05, 4.69) is 49.8 Å². The van der Waals surface area contributed by atoms with Crippen molar-refractivity contribution in [2.45, 2.75) is 25.6 Å². The molecule has 0 fully saturated rings. The lowest BCUT2D eigenvalue weighted by Gasteiger charge is -2.28. The van der Waals surface area contributed by atoms with Crippen molar-refractivity contribution in [3.63, 3.8) is 0 Å². The Bertz CT molecular complexity index is 975. The standard InChI is InChI=1S/C22H23Br2NO7S/c1-2-30-17(8-9-31-18(26)12-33)20(15-10-14(23)11-16(24)19(15)27)32-22(29)25-21(28)13-6-4-3-5-7-13/h3-7,10-11,17,20,27,33H,2,8-9,12H2,1H3,(H,25,28,29)/t17-,20-/m0/s1. The summed E-state index contributed by atoms with van der Waals surface area (Å²) in [4.78, 5) is 36.4. The fourth-order valence-electron chi connectivity index (χ4n) is 2.91. The van der Waals surface area contributed by atoms with E-state index in [0.29, 0.717) is 8.95 Å². The third-order valence-corrected chi connectivity index (χ3v) is 5.68. The van der Waals surface area contributed by atoms with Crippen LogP contribution >= 0.6 is 44.5 Å². The number of halogens is 2. The lowest BCUT2D eigenvalue weighted by molar-refractivity contribution is -0.142. The van der Waals surface area contributed by atoms with Crippen molar-refractivity contribution >= 4 is 62.5 Å². The van der Waals surface area contributed by atoms with Gasteiger partial charge >= 0.3 is 12.1 Å². The minimum Gasteiger partial charge on any atom is -0.506 e. The van der Waals surface area contributed by atoms with Crippen LogP contribution in [0.15, 0.2) is 51.4 Å². The van der Waals surface area contributed by atoms with E-state index in [-0.39, 0.29) is 42.3 Å². The number of esters is 1. The van der Waals surface area contributed by atoms with E-state index in [1.54, 1.807) is 49.4 Å². The highest BCUT2D eigenvalue weighted by molar-refractivity contribution is 9.11. The molecule has 11 heteroatoms. The van der Waals surface area contributed by atoms with Crippen molar-refractivity contribution in [3.8, 4) is 5.75 Å². The summed E-state index contributed by atoms with van der Waals surface area (Å²) >= 11 is 10.5. The molecule has 0 aliphatic carbocycles. The van der Waals surface area contributed by atoms with Crippen molar-refractivity contribution in [2.75, 3.05) is 19.0 Å². The number of carbonyl (C=O) groups is 3. The summed E-state index contributed by atoms with van der Waals surface area (Å²) in [6, 6.07) is 11.4. The number of amides is 2. The summed E-state index contributed by atoms with van der Waals surface area (Å²) in [5.74, 6) is -1.40. The molecule has 0 saturated carbocycles. The molecule has 2 aromatic rings. The number of carbonyl (C=O) groups excluding carboxylic acids is 3. The Labute approximate surface area is 213 Å². The van der Waals surface area contributed by atoms with Gasteiger partial charge in [0, 0.05) is 28.6 Å². The number of ether oxygens (including phenoxy) is 3. The lowest BCUT2D eigenvalue weighted by Crippen LogP contribution is -2.36. The molecule has 0 spiro atoms. The Morgan fingerprint density at radius 3 is 2.48 bits per heavy atom. The zero-order valence-corrected chi connectivity index (χ0v) is 21.7. The number of rotatable bonds is 10. The smallest absolute Gasteiger partial charge is 0.414 e. The molecule has 0 unspecified atom stereocenters. The maximum atomic E-state index is 12.6. The number of aromatic hydroxyl groups is 1. The van der Waals surface area contributed by atoms with Crippen LogP contribution in [0.25, 0.3) is 0 Å². The van der Waals surface area contributed by atoms with Crippen molar-refractivity contribution in [1.29, 1.82) is 0 Å². The number of hydrogen-bond acceptors (Lipinski definition) is 8. The molecule has 2 rings (SSSR count). The van der Waals surface area contributed by atoms with Gasteiger partial charge in [-0.05, 0) is 47.1 Å². The topological polar surface area (TPSA) is 111 Å². The van der Waals surface area contributed by atoms with E-state index in [9.17, 15) is 19.5 Å². The van der Waals surface area contributed by atoms with Gasteiger partial charge in [0.15, 0.2) is 6.10 Å². The van der Waals surface area contributed by atoms with Gasteiger partial charge < -0.3 is 19.3 Å². The van der Waals surface area contributed by atoms with Crippen LogP contribution in [-0.2, 0) is 19.0 Å². The minimum absolute atomic E-state index is 0.0234.